The van der Waals surface area contributed by atoms with Gasteiger partial charge in [0.05, 0.1) is 66.6 Å². The molecule has 0 unspecified atom stereocenters. The summed E-state index contributed by atoms with van der Waals surface area (Å²) in [5.74, 6) is 1.67. The van der Waals surface area contributed by atoms with Gasteiger partial charge in [-0.2, -0.15) is 0 Å². The van der Waals surface area contributed by atoms with E-state index in [-0.39, 0.29) is 69.9 Å². The number of fused-ring (bicyclic) bond motifs is 8. The van der Waals surface area contributed by atoms with E-state index < -0.39 is 0 Å². The molecular weight excluding hydrogens is 1830 g/mol. The second-order valence-corrected chi connectivity index (χ2v) is 33.6. The maximum atomic E-state index is 11.4. The van der Waals surface area contributed by atoms with Gasteiger partial charge in [-0.25, -0.2) is 9.97 Å². The minimum absolute atomic E-state index is 0. The zero-order chi connectivity index (χ0) is 80.7. The summed E-state index contributed by atoms with van der Waals surface area (Å²) in [5, 5.41) is 27.2. The van der Waals surface area contributed by atoms with Crippen molar-refractivity contribution in [1.29, 1.82) is 0 Å². The van der Waals surface area contributed by atoms with Crippen LogP contribution in [-0.2, 0) is 58.4 Å². The van der Waals surface area contributed by atoms with E-state index in [1.807, 2.05) is 60.9 Å². The Bertz CT molecular complexity index is 7270. The Labute approximate surface area is 728 Å². The number of para-hydroxylation sites is 8. The Morgan fingerprint density at radius 3 is 1.07 bits per heavy atom. The molecule has 0 spiro atoms. The molecule has 20 rings (SSSR count). The van der Waals surface area contributed by atoms with Gasteiger partial charge in [0.1, 0.15) is 23.1 Å². The summed E-state index contributed by atoms with van der Waals surface area (Å²) in [4.78, 5) is 21.0. The van der Waals surface area contributed by atoms with Crippen LogP contribution in [0, 0.1) is 12.1 Å². The topological polar surface area (TPSA) is 112 Å². The van der Waals surface area contributed by atoms with Crippen LogP contribution in [0.3, 0.4) is 0 Å². The van der Waals surface area contributed by atoms with Crippen molar-refractivity contribution in [3.63, 3.8) is 0 Å². The van der Waals surface area contributed by atoms with E-state index in [2.05, 4.69) is 366 Å². The molecule has 12 heteroatoms. The summed E-state index contributed by atoms with van der Waals surface area (Å²) in [6.07, 6.45) is 4.00. The number of aromatic hydroxyl groups is 2. The van der Waals surface area contributed by atoms with E-state index in [4.69, 9.17) is 19.9 Å². The van der Waals surface area contributed by atoms with Crippen LogP contribution in [0.15, 0.2) is 346 Å². The predicted octanol–water partition coefficient (Wildman–Crippen LogP) is 27.3. The van der Waals surface area contributed by atoms with E-state index in [1.165, 1.54) is 27.5 Å². The first-order valence-electron chi connectivity index (χ1n) is 40.3. The maximum Gasteiger partial charge on any atom is 0.148 e. The van der Waals surface area contributed by atoms with Crippen LogP contribution < -0.4 is 0 Å². The van der Waals surface area contributed by atoms with Crippen LogP contribution >= 0.6 is 0 Å². The van der Waals surface area contributed by atoms with E-state index in [9.17, 15) is 10.2 Å². The summed E-state index contributed by atoms with van der Waals surface area (Å²) in [5.41, 5.74) is 28.4. The predicted molar refractivity (Wildman–Crippen MR) is 487 cm³/mol. The van der Waals surface area contributed by atoms with Crippen molar-refractivity contribution >= 4 is 65.7 Å². The Hall–Kier alpha value is -13.1. The van der Waals surface area contributed by atoms with Crippen molar-refractivity contribution < 1.29 is 52.3 Å². The molecule has 6 aromatic heterocycles. The van der Waals surface area contributed by atoms with E-state index in [1.54, 1.807) is 12.1 Å². The summed E-state index contributed by atoms with van der Waals surface area (Å²) in [7, 11) is 0. The molecule has 0 amide bonds. The second kappa shape index (κ2) is 32.0. The summed E-state index contributed by atoms with van der Waals surface area (Å²) in [6, 6.07) is 123. The first-order chi connectivity index (χ1) is 57.3. The number of hydrogen-bond acceptors (Lipinski definition) is 6. The maximum absolute atomic E-state index is 11.4. The minimum atomic E-state index is -0.171. The van der Waals surface area contributed by atoms with Crippen LogP contribution in [-0.4, -0.2) is 48.4 Å². The molecule has 0 radical (unpaired) electrons. The van der Waals surface area contributed by atoms with E-state index >= 15 is 0 Å². The van der Waals surface area contributed by atoms with Gasteiger partial charge in [0.15, 0.2) is 0 Å². The van der Waals surface area contributed by atoms with Gasteiger partial charge in [0.2, 0.25) is 0 Å². The second-order valence-electron chi connectivity index (χ2n) is 33.6. The van der Waals surface area contributed by atoms with Crippen molar-refractivity contribution in [2.45, 2.75) is 78.6 Å². The minimum Gasteiger partial charge on any atom is -0.507 e. The molecule has 592 valence electrons. The molecule has 2 N–H and O–H groups in total. The van der Waals surface area contributed by atoms with Crippen molar-refractivity contribution in [2.75, 3.05) is 0 Å². The van der Waals surface area contributed by atoms with Gasteiger partial charge in [-0.15, -0.1) is 59.2 Å². The molecule has 0 saturated carbocycles. The molecule has 0 bridgehead atoms. The molecule has 120 heavy (non-hydrogen) atoms. The quantitative estimate of drug-likeness (QED) is 0.118. The van der Waals surface area contributed by atoms with Crippen LogP contribution in [0.5, 0.6) is 11.5 Å². The fourth-order valence-corrected chi connectivity index (χ4v) is 16.7. The number of phenols is 2. The van der Waals surface area contributed by atoms with Crippen molar-refractivity contribution in [3.8, 4) is 124 Å². The average Bonchev–Trinajstić information content (AvgIpc) is 1.59. The number of phenolic OH excluding ortho intramolecular Hbond substituents is 2. The van der Waals surface area contributed by atoms with Gasteiger partial charge in [-0.1, -0.05) is 279 Å². The van der Waals surface area contributed by atoms with E-state index in [0.717, 1.165) is 145 Å². The molecule has 10 nitrogen and oxygen atoms in total. The van der Waals surface area contributed by atoms with Gasteiger partial charge in [-0.3, -0.25) is 19.1 Å². The van der Waals surface area contributed by atoms with E-state index in [0.29, 0.717) is 22.8 Å². The number of nitrogens with zero attached hydrogens (tertiary/aromatic N) is 8. The molecule has 0 fully saturated rings. The van der Waals surface area contributed by atoms with Gasteiger partial charge in [0.25, 0.3) is 0 Å². The molecule has 0 saturated heterocycles. The number of imidazole rings is 2. The molecule has 14 aromatic carbocycles. The van der Waals surface area contributed by atoms with Crippen LogP contribution in [0.2, 0.25) is 0 Å². The summed E-state index contributed by atoms with van der Waals surface area (Å²) in [6.45, 7) is 20.2. The SMILES string of the molecule is CC(C)(C)c1cc(-c2cc3c(cn2)c2ccccc2n3-c2ccccc2)[c-]c(-c2cccc3c2nc(-c2ccccc2O)n3-c2ccc(C(C)(C)C)cc2-c2ccccc2)c1.CC(C)(C)c1ccc(-n2c(-c3ccccc3O)nc3c(-c4[c-]c(-c5cc6c(cn5)c5ccccc5n6-c5ccccc5)ccc4)cccc32)c(-c2ccccc2)c1.[Pt].[Pt]. The standard InChI is InChI=1S/C56H47N4O.C52H39N4O.2Pt/c1-55(2,3)39-28-29-49(45(33-39)36-18-9-7-10-19-36)60-50-26-17-24-42(53(50)58-54(60)44-23-14-16-27-52(44)61)37-30-38(32-40(31-37)56(4,5)6)47-34-51-46(35-57-47)43-22-13-15-25-48(43)59(51)41-20-11-8-12-21-41;1-52(2,3)37-28-29-46(42(31-37)34-16-6-4-7-17-34)56-47-26-15-24-39(50(47)54-51(56)41-23-11-13-27-49(41)57)35-18-14-19-36(30-35)44-32-48-43(33-53-44)40-22-10-12-25-45(40)55(48)38-20-8-5-9-21-38;;/h7-29,31-35,61H,1-6H3;4-29,31-33,57H,1-3H3;;/q2*-1;;. The molecule has 0 aliphatic rings. The molecule has 0 aliphatic heterocycles. The monoisotopic (exact) mass is 1920 g/mol. The zero-order valence-corrected chi connectivity index (χ0v) is 72.6. The number of pyridine rings is 2. The van der Waals surface area contributed by atoms with Crippen molar-refractivity contribution in [3.05, 3.63) is 375 Å². The number of benzene rings is 14. The first-order valence-corrected chi connectivity index (χ1v) is 40.3. The first kappa shape index (κ1) is 79.4. The summed E-state index contributed by atoms with van der Waals surface area (Å²) >= 11 is 0. The Kier molecular flexibility index (Phi) is 21.1. The molecule has 6 heterocycles. The third-order valence-electron chi connectivity index (χ3n) is 22.8. The van der Waals surface area contributed by atoms with Crippen LogP contribution in [0.1, 0.15) is 79.0 Å². The molecule has 0 aliphatic carbocycles. The van der Waals surface area contributed by atoms with Gasteiger partial charge in [0, 0.05) is 110 Å². The van der Waals surface area contributed by atoms with Crippen molar-refractivity contribution in [2.24, 2.45) is 0 Å². The summed E-state index contributed by atoms with van der Waals surface area (Å²) < 4.78 is 9.06. The Morgan fingerprint density at radius 1 is 0.267 bits per heavy atom. The smallest absolute Gasteiger partial charge is 0.148 e. The zero-order valence-electron chi connectivity index (χ0n) is 68.0. The Balaban J connectivity index is 0.000000169. The molecule has 0 atom stereocenters. The van der Waals surface area contributed by atoms with Crippen molar-refractivity contribution in [1.82, 2.24) is 38.2 Å². The van der Waals surface area contributed by atoms with Gasteiger partial charge in [-0.05, 0) is 148 Å². The van der Waals surface area contributed by atoms with Gasteiger partial charge >= 0.3 is 0 Å². The average molecular weight is 1920 g/mol. The largest absolute Gasteiger partial charge is 0.507 e. The fraction of sp³-hybridized carbons (Fsp3) is 0.111. The van der Waals surface area contributed by atoms with Crippen LogP contribution in [0.25, 0.3) is 178 Å². The molecular formula is C108H86N8O2Pt2-2. The van der Waals surface area contributed by atoms with Crippen LogP contribution in [0.4, 0.5) is 0 Å². The number of rotatable bonds is 12. The Morgan fingerprint density at radius 2 is 0.625 bits per heavy atom. The third kappa shape index (κ3) is 14.6. The molecule has 20 aromatic rings. The fourth-order valence-electron chi connectivity index (χ4n) is 16.7. The normalized spacial score (nSPS) is 11.8. The number of hydrogen-bond donors (Lipinski definition) is 2. The number of aromatic nitrogens is 8. The van der Waals surface area contributed by atoms with Gasteiger partial charge < -0.3 is 19.3 Å². The third-order valence-corrected chi connectivity index (χ3v) is 22.8.